The molecule has 1 aromatic carbocycles. The van der Waals surface area contributed by atoms with E-state index >= 15 is 0 Å². The molecule has 6 rings (SSSR count). The molecule has 0 saturated heterocycles. The van der Waals surface area contributed by atoms with Gasteiger partial charge in [-0.15, -0.1) is 0 Å². The number of nitrogens with zero attached hydrogens (tertiary/aromatic N) is 3. The molecule has 184 valence electrons. The largest absolute Gasteiger partial charge is 0.443 e. The Morgan fingerprint density at radius 1 is 1.12 bits per heavy atom. The van der Waals surface area contributed by atoms with Crippen molar-refractivity contribution in [2.75, 3.05) is 11.4 Å². The molecule has 0 unspecified atom stereocenters. The zero-order chi connectivity index (χ0) is 24.4. The maximum atomic E-state index is 14.7. The SMILES string of the molecule is Cn1nc(C2(F)CC2)cc1C12CCC(CN(C(=O)OC(C)(C)C)c3cccc(Br)c3)(CC1)CC2. The van der Waals surface area contributed by atoms with Crippen LogP contribution < -0.4 is 4.90 Å². The fourth-order valence-electron chi connectivity index (χ4n) is 5.99. The third-order valence-electron chi connectivity index (χ3n) is 8.20. The minimum atomic E-state index is -1.20. The van der Waals surface area contributed by atoms with Crippen molar-refractivity contribution >= 4 is 27.7 Å². The van der Waals surface area contributed by atoms with Crippen molar-refractivity contribution in [1.29, 1.82) is 0 Å². The van der Waals surface area contributed by atoms with E-state index in [-0.39, 0.29) is 16.9 Å². The number of aryl methyl sites for hydroxylation is 1. The lowest BCUT2D eigenvalue weighted by Gasteiger charge is -2.54. The van der Waals surface area contributed by atoms with E-state index in [1.165, 1.54) is 5.69 Å². The molecule has 34 heavy (non-hydrogen) atoms. The highest BCUT2D eigenvalue weighted by Crippen LogP contribution is 2.59. The summed E-state index contributed by atoms with van der Waals surface area (Å²) in [5.74, 6) is 0. The van der Waals surface area contributed by atoms with Crippen LogP contribution in [0.5, 0.6) is 0 Å². The molecule has 1 aromatic heterocycles. The van der Waals surface area contributed by atoms with Crippen molar-refractivity contribution in [3.8, 4) is 0 Å². The number of alkyl halides is 1. The molecule has 5 nitrogen and oxygen atoms in total. The lowest BCUT2D eigenvalue weighted by Crippen LogP contribution is -2.51. The van der Waals surface area contributed by atoms with Gasteiger partial charge in [0.2, 0.25) is 0 Å². The Bertz CT molecular complexity index is 1080. The predicted molar refractivity (Wildman–Crippen MR) is 135 cm³/mol. The van der Waals surface area contributed by atoms with E-state index in [4.69, 9.17) is 4.74 Å². The number of halogens is 2. The predicted octanol–water partition coefficient (Wildman–Crippen LogP) is 7.17. The summed E-state index contributed by atoms with van der Waals surface area (Å²) in [7, 11) is 1.97. The van der Waals surface area contributed by atoms with Crippen LogP contribution in [0.2, 0.25) is 0 Å². The molecule has 1 heterocycles. The Morgan fingerprint density at radius 3 is 2.32 bits per heavy atom. The number of carbonyl (C=O) groups is 1. The number of benzene rings is 1. The lowest BCUT2D eigenvalue weighted by molar-refractivity contribution is 0.0316. The Kier molecular flexibility index (Phi) is 5.66. The van der Waals surface area contributed by atoms with Crippen molar-refractivity contribution in [2.45, 2.75) is 88.8 Å². The van der Waals surface area contributed by atoms with Crippen molar-refractivity contribution in [1.82, 2.24) is 9.78 Å². The zero-order valence-corrected chi connectivity index (χ0v) is 22.3. The van der Waals surface area contributed by atoms with Gasteiger partial charge in [0.25, 0.3) is 0 Å². The second kappa shape index (κ2) is 8.07. The van der Waals surface area contributed by atoms with Gasteiger partial charge in [-0.1, -0.05) is 22.0 Å². The molecule has 4 aliphatic rings. The van der Waals surface area contributed by atoms with Crippen LogP contribution in [0.15, 0.2) is 34.8 Å². The highest BCUT2D eigenvalue weighted by molar-refractivity contribution is 9.10. The average molecular weight is 532 g/mol. The van der Waals surface area contributed by atoms with E-state index in [1.54, 1.807) is 0 Å². The summed E-state index contributed by atoms with van der Waals surface area (Å²) >= 11 is 3.55. The standard InChI is InChI=1S/C27H35BrFN3O2/c1-24(2,3)34-23(33)32(20-7-5-6-19(28)16-20)18-25-8-11-26(12-9-25,13-10-25)22-17-21(30-31(22)4)27(29)14-15-27/h5-7,16-17H,8-15,18H2,1-4H3. The molecule has 0 radical (unpaired) electrons. The van der Waals surface area contributed by atoms with Gasteiger partial charge in [0, 0.05) is 34.9 Å². The Hall–Kier alpha value is -1.89. The van der Waals surface area contributed by atoms with Crippen molar-refractivity contribution < 1.29 is 13.9 Å². The number of amides is 1. The summed E-state index contributed by atoms with van der Waals surface area (Å²) in [6.45, 7) is 6.37. The van der Waals surface area contributed by atoms with E-state index in [0.717, 1.165) is 48.7 Å². The molecular formula is C27H35BrFN3O2. The first-order chi connectivity index (χ1) is 15.9. The quantitative estimate of drug-likeness (QED) is 0.410. The molecule has 2 aromatic rings. The zero-order valence-electron chi connectivity index (χ0n) is 20.7. The first-order valence-electron chi connectivity index (χ1n) is 12.4. The fraction of sp³-hybridized carbons (Fsp3) is 0.630. The molecule has 0 spiro atoms. The number of ether oxygens (including phenoxy) is 1. The number of aromatic nitrogens is 2. The van der Waals surface area contributed by atoms with Gasteiger partial charge < -0.3 is 4.74 Å². The number of anilines is 1. The Balaban J connectivity index is 1.37. The smallest absolute Gasteiger partial charge is 0.414 e. The van der Waals surface area contributed by atoms with E-state index in [1.807, 2.05) is 67.7 Å². The van der Waals surface area contributed by atoms with Crippen LogP contribution in [0, 0.1) is 5.41 Å². The molecule has 0 N–H and O–H groups in total. The van der Waals surface area contributed by atoms with Crippen LogP contribution in [0.3, 0.4) is 0 Å². The molecule has 7 heteroatoms. The van der Waals surface area contributed by atoms with Crippen molar-refractivity contribution in [3.63, 3.8) is 0 Å². The lowest BCUT2D eigenvalue weighted by atomic mass is 9.52. The maximum Gasteiger partial charge on any atom is 0.414 e. The maximum absolute atomic E-state index is 14.7. The average Bonchev–Trinajstić information content (AvgIpc) is 3.40. The third-order valence-corrected chi connectivity index (χ3v) is 8.69. The first-order valence-corrected chi connectivity index (χ1v) is 13.2. The molecular weight excluding hydrogens is 497 g/mol. The van der Waals surface area contributed by atoms with Gasteiger partial charge in [-0.25, -0.2) is 9.18 Å². The van der Waals surface area contributed by atoms with Gasteiger partial charge in [0.05, 0.1) is 5.69 Å². The highest BCUT2D eigenvalue weighted by Gasteiger charge is 2.53. The summed E-state index contributed by atoms with van der Waals surface area (Å²) in [5.41, 5.74) is 1.05. The number of rotatable bonds is 5. The number of carbonyl (C=O) groups excluding carboxylic acids is 1. The van der Waals surface area contributed by atoms with Gasteiger partial charge in [-0.05, 0) is 102 Å². The molecule has 4 aliphatic carbocycles. The molecule has 2 bridgehead atoms. The van der Waals surface area contributed by atoms with E-state index in [2.05, 4.69) is 21.0 Å². The Morgan fingerprint density at radius 2 is 1.76 bits per heavy atom. The summed E-state index contributed by atoms with van der Waals surface area (Å²) < 4.78 is 23.4. The van der Waals surface area contributed by atoms with Gasteiger partial charge in [-0.2, -0.15) is 5.10 Å². The summed E-state index contributed by atoms with van der Waals surface area (Å²) in [4.78, 5) is 15.1. The fourth-order valence-corrected chi connectivity index (χ4v) is 6.38. The molecule has 4 saturated carbocycles. The van der Waals surface area contributed by atoms with Crippen LogP contribution >= 0.6 is 15.9 Å². The third kappa shape index (κ3) is 4.40. The number of hydrogen-bond acceptors (Lipinski definition) is 3. The molecule has 1 amide bonds. The van der Waals surface area contributed by atoms with Gasteiger partial charge in [-0.3, -0.25) is 9.58 Å². The van der Waals surface area contributed by atoms with Crippen molar-refractivity contribution in [3.05, 3.63) is 46.2 Å². The van der Waals surface area contributed by atoms with E-state index in [0.29, 0.717) is 25.1 Å². The van der Waals surface area contributed by atoms with Gasteiger partial charge in [0.15, 0.2) is 5.67 Å². The number of fused-ring (bicyclic) bond motifs is 3. The second-order valence-corrected chi connectivity index (χ2v) is 12.7. The Labute approximate surface area is 210 Å². The van der Waals surface area contributed by atoms with Crippen molar-refractivity contribution in [2.24, 2.45) is 12.5 Å². The molecule has 0 atom stereocenters. The first kappa shape index (κ1) is 23.8. The van der Waals surface area contributed by atoms with E-state index < -0.39 is 11.3 Å². The van der Waals surface area contributed by atoms with Gasteiger partial charge in [0.1, 0.15) is 5.60 Å². The van der Waals surface area contributed by atoms with Crippen LogP contribution in [0.4, 0.5) is 14.9 Å². The van der Waals surface area contributed by atoms with E-state index in [9.17, 15) is 9.18 Å². The summed E-state index contributed by atoms with van der Waals surface area (Å²) in [6, 6.07) is 9.93. The van der Waals surface area contributed by atoms with Gasteiger partial charge >= 0.3 is 6.09 Å². The minimum absolute atomic E-state index is 0.0690. The normalized spacial score (nSPS) is 27.5. The summed E-state index contributed by atoms with van der Waals surface area (Å²) in [5, 5.41) is 4.57. The highest BCUT2D eigenvalue weighted by atomic mass is 79.9. The van der Waals surface area contributed by atoms with Crippen LogP contribution in [-0.4, -0.2) is 28.0 Å². The van der Waals surface area contributed by atoms with Crippen LogP contribution in [0.1, 0.15) is 83.5 Å². The topological polar surface area (TPSA) is 47.4 Å². The molecule has 4 fully saturated rings. The van der Waals surface area contributed by atoms with Crippen LogP contribution in [0.25, 0.3) is 0 Å². The minimum Gasteiger partial charge on any atom is -0.443 e. The molecule has 0 aliphatic heterocycles. The monoisotopic (exact) mass is 531 g/mol. The summed E-state index contributed by atoms with van der Waals surface area (Å²) in [6.07, 6.45) is 7.16. The number of hydrogen-bond donors (Lipinski definition) is 0. The second-order valence-electron chi connectivity index (χ2n) is 11.8. The van der Waals surface area contributed by atoms with Crippen LogP contribution in [-0.2, 0) is 22.9 Å².